The molecule has 33 heavy (non-hydrogen) atoms. The lowest BCUT2D eigenvalue weighted by Crippen LogP contribution is -2.05. The molecule has 0 bridgehead atoms. The maximum Gasteiger partial charge on any atom is 0.338 e. The summed E-state index contributed by atoms with van der Waals surface area (Å²) < 4.78 is 11.3. The second-order valence-electron chi connectivity index (χ2n) is 7.92. The fourth-order valence-electron chi connectivity index (χ4n) is 3.29. The average Bonchev–Trinajstić information content (AvgIpc) is 2.88. The third-order valence-electron chi connectivity index (χ3n) is 5.00. The van der Waals surface area contributed by atoms with Crippen molar-refractivity contribution in [3.05, 3.63) is 114 Å². The Morgan fingerprint density at radius 1 is 0.788 bits per heavy atom. The summed E-state index contributed by atoms with van der Waals surface area (Å²) in [6, 6.07) is 25.2. The average molecular weight is 441 g/mol. The van der Waals surface area contributed by atoms with Gasteiger partial charge in [-0.25, -0.2) is 4.79 Å². The molecule has 0 atom stereocenters. The van der Waals surface area contributed by atoms with Crippen LogP contribution in [0.25, 0.3) is 11.1 Å². The number of allylic oxidation sites excluding steroid dienone is 2. The molecular formula is C30H32O3. The van der Waals surface area contributed by atoms with E-state index in [9.17, 15) is 4.79 Å². The fraction of sp³-hybridized carbons (Fsp3) is 0.233. The molecule has 0 aliphatic heterocycles. The summed E-state index contributed by atoms with van der Waals surface area (Å²) in [4.78, 5) is 12.3. The van der Waals surface area contributed by atoms with E-state index >= 15 is 0 Å². The van der Waals surface area contributed by atoms with Crippen LogP contribution in [0.15, 0.2) is 103 Å². The van der Waals surface area contributed by atoms with Crippen molar-refractivity contribution in [3.8, 4) is 16.9 Å². The minimum absolute atomic E-state index is 0.273. The first-order valence-corrected chi connectivity index (χ1v) is 11.6. The number of benzene rings is 3. The number of hydrogen-bond donors (Lipinski definition) is 0. The topological polar surface area (TPSA) is 35.5 Å². The molecule has 0 saturated heterocycles. The van der Waals surface area contributed by atoms with Gasteiger partial charge in [-0.2, -0.15) is 0 Å². The van der Waals surface area contributed by atoms with Gasteiger partial charge in [-0.05, 0) is 59.4 Å². The van der Waals surface area contributed by atoms with E-state index in [1.807, 2.05) is 66.7 Å². The molecule has 0 N–H and O–H groups in total. The Hall–Kier alpha value is -3.59. The molecule has 0 heterocycles. The van der Waals surface area contributed by atoms with Crippen LogP contribution in [0.4, 0.5) is 0 Å². The van der Waals surface area contributed by atoms with Crippen molar-refractivity contribution >= 4 is 5.97 Å². The van der Waals surface area contributed by atoms with Gasteiger partial charge in [-0.1, -0.05) is 93.1 Å². The Kier molecular flexibility index (Phi) is 9.53. The summed E-state index contributed by atoms with van der Waals surface area (Å²) in [6.07, 6.45) is 9.99. The zero-order valence-corrected chi connectivity index (χ0v) is 19.5. The fourth-order valence-corrected chi connectivity index (χ4v) is 3.29. The molecule has 4 rings (SSSR count). The first-order chi connectivity index (χ1) is 16.2. The van der Waals surface area contributed by atoms with Gasteiger partial charge in [0.15, 0.2) is 0 Å². The lowest BCUT2D eigenvalue weighted by atomic mass is 10.0. The standard InChI is InChI=1S/C27H24O3.C3H8/c28-27(30-20-22-9-5-2-6-10-22)25-13-11-23(12-14-25)24-15-17-26(18-16-24)29-19-21-7-3-1-4-8-21;1-3-2/h2-3,5-18H,1,4,19-20H2;3H2,1-2H3. The molecule has 170 valence electrons. The van der Waals surface area contributed by atoms with Crippen LogP contribution >= 0.6 is 0 Å². The number of esters is 1. The van der Waals surface area contributed by atoms with Crippen molar-refractivity contribution in [1.82, 2.24) is 0 Å². The molecule has 1 aliphatic rings. The van der Waals surface area contributed by atoms with Gasteiger partial charge in [0.05, 0.1) is 5.56 Å². The quantitative estimate of drug-likeness (QED) is 0.352. The molecular weight excluding hydrogens is 408 g/mol. The predicted molar refractivity (Wildman–Crippen MR) is 135 cm³/mol. The van der Waals surface area contributed by atoms with Crippen LogP contribution in [0.3, 0.4) is 0 Å². The normalized spacial score (nSPS) is 12.2. The van der Waals surface area contributed by atoms with Gasteiger partial charge in [0.1, 0.15) is 19.0 Å². The Morgan fingerprint density at radius 2 is 1.42 bits per heavy atom. The smallest absolute Gasteiger partial charge is 0.338 e. The highest BCUT2D eigenvalue weighted by Crippen LogP contribution is 2.24. The zero-order valence-electron chi connectivity index (χ0n) is 19.5. The Bertz CT molecular complexity index is 1050. The molecule has 3 aromatic carbocycles. The molecule has 3 nitrogen and oxygen atoms in total. The van der Waals surface area contributed by atoms with Crippen molar-refractivity contribution in [2.75, 3.05) is 6.61 Å². The Balaban J connectivity index is 0.000000968. The predicted octanol–water partition coefficient (Wildman–Crippen LogP) is 7.78. The third kappa shape index (κ3) is 7.80. The molecule has 3 heteroatoms. The molecule has 0 spiro atoms. The van der Waals surface area contributed by atoms with E-state index in [2.05, 4.69) is 32.1 Å². The van der Waals surface area contributed by atoms with Crippen molar-refractivity contribution in [3.63, 3.8) is 0 Å². The molecule has 3 aromatic rings. The number of carbonyl (C=O) groups excluding carboxylic acids is 1. The highest BCUT2D eigenvalue weighted by atomic mass is 16.5. The van der Waals surface area contributed by atoms with Crippen molar-refractivity contribution < 1.29 is 14.3 Å². The van der Waals surface area contributed by atoms with E-state index in [1.54, 1.807) is 12.1 Å². The first kappa shape index (κ1) is 24.1. The highest BCUT2D eigenvalue weighted by Gasteiger charge is 2.08. The zero-order chi connectivity index (χ0) is 23.3. The van der Waals surface area contributed by atoms with Crippen LogP contribution in [0, 0.1) is 0 Å². The van der Waals surface area contributed by atoms with E-state index in [1.165, 1.54) is 12.0 Å². The van der Waals surface area contributed by atoms with E-state index in [0.717, 1.165) is 35.3 Å². The van der Waals surface area contributed by atoms with Gasteiger partial charge in [0.2, 0.25) is 0 Å². The lowest BCUT2D eigenvalue weighted by molar-refractivity contribution is 0.0472. The van der Waals surface area contributed by atoms with E-state index in [4.69, 9.17) is 9.47 Å². The number of rotatable bonds is 7. The summed E-state index contributed by atoms with van der Waals surface area (Å²) in [5.74, 6) is 0.528. The SMILES string of the molecule is CCC.O=C(OCc1ccccc1)c1ccc(-c2ccc(OCC3=CCCC=C3)cc2)cc1. The number of hydrogen-bond acceptors (Lipinski definition) is 3. The molecule has 0 radical (unpaired) electrons. The highest BCUT2D eigenvalue weighted by molar-refractivity contribution is 5.90. The summed E-state index contributed by atoms with van der Waals surface area (Å²) in [7, 11) is 0. The number of carbonyl (C=O) groups is 1. The molecule has 0 amide bonds. The van der Waals surface area contributed by atoms with Crippen molar-refractivity contribution in [2.45, 2.75) is 39.7 Å². The molecule has 0 unspecified atom stereocenters. The summed E-state index contributed by atoms with van der Waals surface area (Å²) in [5.41, 5.74) is 4.85. The van der Waals surface area contributed by atoms with Gasteiger partial charge in [-0.3, -0.25) is 0 Å². The lowest BCUT2D eigenvalue weighted by Gasteiger charge is -2.10. The molecule has 0 fully saturated rings. The van der Waals surface area contributed by atoms with Crippen LogP contribution in [-0.2, 0) is 11.3 Å². The minimum Gasteiger partial charge on any atom is -0.489 e. The van der Waals surface area contributed by atoms with Gasteiger partial charge in [0, 0.05) is 0 Å². The number of ether oxygens (including phenoxy) is 2. The van der Waals surface area contributed by atoms with Crippen LogP contribution in [0.5, 0.6) is 5.75 Å². The molecule has 0 aromatic heterocycles. The van der Waals surface area contributed by atoms with Gasteiger partial charge < -0.3 is 9.47 Å². The van der Waals surface area contributed by atoms with Crippen molar-refractivity contribution in [2.24, 2.45) is 0 Å². The van der Waals surface area contributed by atoms with Crippen molar-refractivity contribution in [1.29, 1.82) is 0 Å². The van der Waals surface area contributed by atoms with Gasteiger partial charge in [-0.15, -0.1) is 0 Å². The third-order valence-corrected chi connectivity index (χ3v) is 5.00. The van der Waals surface area contributed by atoms with Crippen LogP contribution in [0.1, 0.15) is 49.0 Å². The van der Waals surface area contributed by atoms with Crippen LogP contribution < -0.4 is 4.74 Å². The summed E-state index contributed by atoms with van der Waals surface area (Å²) >= 11 is 0. The van der Waals surface area contributed by atoms with E-state index < -0.39 is 0 Å². The monoisotopic (exact) mass is 440 g/mol. The van der Waals surface area contributed by atoms with Gasteiger partial charge >= 0.3 is 5.97 Å². The van der Waals surface area contributed by atoms with E-state index in [0.29, 0.717) is 12.2 Å². The van der Waals surface area contributed by atoms with Crippen LogP contribution in [-0.4, -0.2) is 12.6 Å². The maximum absolute atomic E-state index is 12.3. The van der Waals surface area contributed by atoms with Crippen LogP contribution in [0.2, 0.25) is 0 Å². The van der Waals surface area contributed by atoms with Gasteiger partial charge in [0.25, 0.3) is 0 Å². The Morgan fingerprint density at radius 3 is 2.03 bits per heavy atom. The Labute approximate surface area is 197 Å². The largest absolute Gasteiger partial charge is 0.489 e. The second-order valence-corrected chi connectivity index (χ2v) is 7.92. The maximum atomic E-state index is 12.3. The minimum atomic E-state index is -0.319. The molecule has 0 saturated carbocycles. The molecule has 1 aliphatic carbocycles. The first-order valence-electron chi connectivity index (χ1n) is 11.6. The summed E-state index contributed by atoms with van der Waals surface area (Å²) in [6.45, 7) is 5.12. The second kappa shape index (κ2) is 13.1. The summed E-state index contributed by atoms with van der Waals surface area (Å²) in [5, 5.41) is 0. The van der Waals surface area contributed by atoms with E-state index in [-0.39, 0.29) is 12.6 Å².